The molecule has 0 radical (unpaired) electrons. The molecule has 2 fully saturated rings. The molecule has 0 saturated carbocycles. The number of hydrogen-bond donors (Lipinski definition) is 0. The molecule has 0 spiro atoms. The average molecular weight is 981 g/mol. The molecule has 4 heterocycles. The normalized spacial score (nSPS) is 18.2. The van der Waals surface area contributed by atoms with Gasteiger partial charge >= 0.3 is 24.3 Å². The standard InChI is InChI=1S/C50H46F6N2O10S/c1-3-63-47(61)35-17-21-57(27-35)41(59)15-9-29-7-13-39(45(49(51,52)53)43(29)33-5-11-37-31(25-33)19-23-65-67-37)69-40-14-8-30(10-16-42(60)58-22-18-36(28-58)48(62)64-4-2)44(46(40)50(54,55)56)34-6-12-38-32(26-34)20-24-66-68-38/h5-16,25-26,35-36H,3-4,17-24,27-28H2,1-2H3/b15-9+,16-10+. The number of likely N-dealkylation sites (tertiary alicyclic amines) is 2. The predicted octanol–water partition coefficient (Wildman–Crippen LogP) is 9.79. The summed E-state index contributed by atoms with van der Waals surface area (Å²) in [6.45, 7) is 4.43. The third kappa shape index (κ3) is 10.9. The summed E-state index contributed by atoms with van der Waals surface area (Å²) in [7, 11) is 0. The second kappa shape index (κ2) is 20.7. The van der Waals surface area contributed by atoms with Crippen molar-refractivity contribution in [1.29, 1.82) is 0 Å². The van der Waals surface area contributed by atoms with Gasteiger partial charge in [-0.3, -0.25) is 19.2 Å². The molecule has 69 heavy (non-hydrogen) atoms. The fraction of sp³-hybridized carbons (Fsp3) is 0.360. The molecular weight excluding hydrogens is 935 g/mol. The van der Waals surface area contributed by atoms with Crippen LogP contribution in [-0.4, -0.2) is 86.2 Å². The smallest absolute Gasteiger partial charge is 0.418 e. The van der Waals surface area contributed by atoms with Gasteiger partial charge in [-0.2, -0.15) is 36.1 Å². The van der Waals surface area contributed by atoms with Gasteiger partial charge < -0.3 is 29.0 Å². The number of esters is 2. The number of benzene rings is 4. The maximum absolute atomic E-state index is 15.8. The second-order valence-corrected chi connectivity index (χ2v) is 17.7. The minimum Gasteiger partial charge on any atom is -0.466 e. The van der Waals surface area contributed by atoms with Gasteiger partial charge in [0.15, 0.2) is 11.5 Å². The number of carbonyl (C=O) groups is 4. The Balaban J connectivity index is 1.23. The number of hydrogen-bond acceptors (Lipinski definition) is 11. The number of halogens is 6. The van der Waals surface area contributed by atoms with Crippen LogP contribution in [0.2, 0.25) is 0 Å². The predicted molar refractivity (Wildman–Crippen MR) is 239 cm³/mol. The third-order valence-electron chi connectivity index (χ3n) is 12.1. The number of amides is 2. The molecule has 364 valence electrons. The fourth-order valence-corrected chi connectivity index (χ4v) is 9.99. The number of rotatable bonds is 12. The lowest BCUT2D eigenvalue weighted by Crippen LogP contribution is -2.28. The summed E-state index contributed by atoms with van der Waals surface area (Å²) >= 11 is 0.275. The van der Waals surface area contributed by atoms with Crippen LogP contribution in [0, 0.1) is 11.8 Å². The van der Waals surface area contributed by atoms with Crippen molar-refractivity contribution in [2.75, 3.05) is 52.6 Å². The zero-order valence-electron chi connectivity index (χ0n) is 37.4. The molecule has 2 saturated heterocycles. The van der Waals surface area contributed by atoms with Gasteiger partial charge in [0.25, 0.3) is 0 Å². The Kier molecular flexibility index (Phi) is 14.8. The van der Waals surface area contributed by atoms with Crippen LogP contribution in [0.5, 0.6) is 11.5 Å². The van der Waals surface area contributed by atoms with E-state index in [2.05, 4.69) is 0 Å². The van der Waals surface area contributed by atoms with E-state index in [9.17, 15) is 19.2 Å². The van der Waals surface area contributed by atoms with Gasteiger partial charge in [0, 0.05) is 83.2 Å². The molecule has 4 aliphatic heterocycles. The average Bonchev–Trinajstić information content (AvgIpc) is 4.04. The molecule has 4 aromatic rings. The Labute approximate surface area is 397 Å². The molecule has 0 aliphatic carbocycles. The lowest BCUT2D eigenvalue weighted by atomic mass is 9.91. The summed E-state index contributed by atoms with van der Waals surface area (Å²) in [6, 6.07) is 13.4. The van der Waals surface area contributed by atoms with E-state index < -0.39 is 80.0 Å². The summed E-state index contributed by atoms with van der Waals surface area (Å²) in [6.07, 6.45) is -4.37. The number of alkyl halides is 6. The van der Waals surface area contributed by atoms with Crippen molar-refractivity contribution in [2.45, 2.75) is 61.7 Å². The highest BCUT2D eigenvalue weighted by molar-refractivity contribution is 7.99. The van der Waals surface area contributed by atoms with E-state index in [4.69, 9.17) is 29.0 Å². The molecule has 19 heteroatoms. The Morgan fingerprint density at radius 1 is 0.638 bits per heavy atom. The van der Waals surface area contributed by atoms with Gasteiger partial charge in [-0.05, 0) is 97.5 Å². The molecule has 2 atom stereocenters. The Bertz CT molecular complexity index is 2520. The van der Waals surface area contributed by atoms with Crippen LogP contribution in [0.25, 0.3) is 34.4 Å². The minimum absolute atomic E-state index is 0.0529. The number of ether oxygens (including phenoxy) is 2. The van der Waals surface area contributed by atoms with E-state index in [0.29, 0.717) is 24.0 Å². The fourth-order valence-electron chi connectivity index (χ4n) is 8.85. The van der Waals surface area contributed by atoms with Gasteiger partial charge in [-0.25, -0.2) is 0 Å². The molecule has 0 aromatic heterocycles. The third-order valence-corrected chi connectivity index (χ3v) is 13.3. The van der Waals surface area contributed by atoms with Crippen LogP contribution in [0.4, 0.5) is 26.3 Å². The Morgan fingerprint density at radius 3 is 1.45 bits per heavy atom. The zero-order chi connectivity index (χ0) is 49.0. The van der Waals surface area contributed by atoms with Gasteiger partial charge in [0.05, 0.1) is 49.4 Å². The molecule has 8 rings (SSSR count). The van der Waals surface area contributed by atoms with E-state index in [1.54, 1.807) is 13.8 Å². The number of nitrogens with zero attached hydrogens (tertiary/aromatic N) is 2. The summed E-state index contributed by atoms with van der Waals surface area (Å²) in [5.74, 6) is -2.58. The summed E-state index contributed by atoms with van der Waals surface area (Å²) < 4.78 is 105. The van der Waals surface area contributed by atoms with Gasteiger partial charge in [-0.1, -0.05) is 36.0 Å². The molecule has 0 bridgehead atoms. The molecule has 4 aromatic carbocycles. The Hall–Kier alpha value is -6.31. The first-order valence-electron chi connectivity index (χ1n) is 22.3. The maximum Gasteiger partial charge on any atom is 0.418 e. The van der Waals surface area contributed by atoms with Gasteiger partial charge in [-0.15, -0.1) is 0 Å². The first-order chi connectivity index (χ1) is 33.0. The highest BCUT2D eigenvalue weighted by Crippen LogP contribution is 2.52. The summed E-state index contributed by atoms with van der Waals surface area (Å²) in [5, 5.41) is 0. The van der Waals surface area contributed by atoms with Crippen LogP contribution in [0.1, 0.15) is 60.1 Å². The van der Waals surface area contributed by atoms with Crippen molar-refractivity contribution in [1.82, 2.24) is 9.80 Å². The second-order valence-electron chi connectivity index (χ2n) is 16.6. The highest BCUT2D eigenvalue weighted by Gasteiger charge is 2.42. The molecule has 2 unspecified atom stereocenters. The molecular formula is C50H46F6N2O10S. The molecule has 2 amide bonds. The minimum atomic E-state index is -5.16. The van der Waals surface area contributed by atoms with Crippen LogP contribution in [-0.2, 0) is 63.6 Å². The largest absolute Gasteiger partial charge is 0.466 e. The lowest BCUT2D eigenvalue weighted by molar-refractivity contribution is -0.215. The molecule has 12 nitrogen and oxygen atoms in total. The Morgan fingerprint density at radius 2 is 1.06 bits per heavy atom. The van der Waals surface area contributed by atoms with E-state index in [-0.39, 0.29) is 111 Å². The van der Waals surface area contributed by atoms with Crippen LogP contribution in [0.3, 0.4) is 0 Å². The zero-order valence-corrected chi connectivity index (χ0v) is 38.2. The number of carbonyl (C=O) groups excluding carboxylic acids is 4. The van der Waals surface area contributed by atoms with Gasteiger partial charge in [0.1, 0.15) is 0 Å². The van der Waals surface area contributed by atoms with E-state index >= 15 is 26.3 Å². The van der Waals surface area contributed by atoms with Crippen LogP contribution < -0.4 is 9.78 Å². The lowest BCUT2D eigenvalue weighted by Gasteiger charge is -2.24. The van der Waals surface area contributed by atoms with Gasteiger partial charge in [0.2, 0.25) is 11.8 Å². The summed E-state index contributed by atoms with van der Waals surface area (Å²) in [4.78, 5) is 73.9. The van der Waals surface area contributed by atoms with Crippen molar-refractivity contribution < 1.29 is 74.5 Å². The quantitative estimate of drug-likeness (QED) is 0.0582. The number of fused-ring (bicyclic) bond motifs is 2. The molecule has 4 aliphatic rings. The van der Waals surface area contributed by atoms with Crippen molar-refractivity contribution in [3.8, 4) is 33.8 Å². The summed E-state index contributed by atoms with van der Waals surface area (Å²) in [5.41, 5.74) is -2.24. The monoisotopic (exact) mass is 980 g/mol. The molecule has 0 N–H and O–H groups in total. The maximum atomic E-state index is 15.8. The van der Waals surface area contributed by atoms with Crippen molar-refractivity contribution in [3.63, 3.8) is 0 Å². The van der Waals surface area contributed by atoms with Crippen molar-refractivity contribution in [3.05, 3.63) is 106 Å². The van der Waals surface area contributed by atoms with Crippen LogP contribution >= 0.6 is 11.8 Å². The van der Waals surface area contributed by atoms with E-state index in [0.717, 1.165) is 24.3 Å². The first kappa shape index (κ1) is 49.1. The topological polar surface area (TPSA) is 130 Å². The first-order valence-corrected chi connectivity index (χ1v) is 23.1. The van der Waals surface area contributed by atoms with Crippen molar-refractivity contribution in [2.24, 2.45) is 11.8 Å². The van der Waals surface area contributed by atoms with Crippen molar-refractivity contribution >= 4 is 47.7 Å². The SMILES string of the molecule is CCOC(=O)C1CCN(C(=O)/C=C/c2ccc(Sc3ccc(/C=C/C(=O)N4CCC(C(=O)OCC)C4)c(-c4ccc5c(c4)CCOO5)c3C(F)(F)F)c(C(F)(F)F)c2-c2ccc3c(c2)CCOO3)C1. The van der Waals surface area contributed by atoms with E-state index in [1.807, 2.05) is 0 Å². The highest BCUT2D eigenvalue weighted by atomic mass is 32.2. The van der Waals surface area contributed by atoms with E-state index in [1.165, 1.54) is 70.5 Å². The van der Waals surface area contributed by atoms with Crippen LogP contribution in [0.15, 0.2) is 82.6 Å².